The molecule has 2 aromatic rings. The Morgan fingerprint density at radius 2 is 0.973 bits per heavy atom. The van der Waals surface area contributed by atoms with E-state index in [4.69, 9.17) is 9.97 Å². The van der Waals surface area contributed by atoms with Crippen molar-refractivity contribution in [1.29, 1.82) is 0 Å². The smallest absolute Gasteiger partial charge is 0.0908 e. The molecule has 8 saturated carbocycles. The van der Waals surface area contributed by atoms with Crippen molar-refractivity contribution in [3.63, 3.8) is 0 Å². The predicted molar refractivity (Wildman–Crippen MR) is 160 cm³/mol. The first-order chi connectivity index (χ1) is 17.7. The van der Waals surface area contributed by atoms with Crippen molar-refractivity contribution in [2.45, 2.75) is 113 Å². The fourth-order valence-corrected chi connectivity index (χ4v) is 18.3. The Labute approximate surface area is 227 Å². The largest absolute Gasteiger partial charge is 0.244 e. The highest BCUT2D eigenvalue weighted by Crippen LogP contribution is 2.78. The van der Waals surface area contributed by atoms with E-state index >= 15 is 0 Å². The second kappa shape index (κ2) is 8.23. The summed E-state index contributed by atoms with van der Waals surface area (Å²) in [5, 5.41) is 1.36. The molecule has 8 aliphatic rings. The average Bonchev–Trinajstić information content (AvgIpc) is 2.80. The minimum absolute atomic E-state index is 0.255. The highest BCUT2D eigenvalue weighted by Gasteiger charge is 2.64. The Kier molecular flexibility index (Phi) is 5.39. The van der Waals surface area contributed by atoms with E-state index in [9.17, 15) is 0 Å². The second-order valence-corrected chi connectivity index (χ2v) is 21.6. The molecule has 198 valence electrons. The maximum Gasteiger partial charge on any atom is 0.0908 e. The molecule has 1 aromatic carbocycles. The normalized spacial score (nSPS) is 43.5. The molecule has 8 aliphatic carbocycles. The predicted octanol–water partition coefficient (Wildman–Crippen LogP) is 8.21. The van der Waals surface area contributed by atoms with Crippen LogP contribution in [-0.2, 0) is 0 Å². The molecule has 8 fully saturated rings. The number of rotatable bonds is 4. The molecule has 0 aliphatic heterocycles. The van der Waals surface area contributed by atoms with Gasteiger partial charge < -0.3 is 0 Å². The molecular formula is C33H46N2P2. The van der Waals surface area contributed by atoms with E-state index in [0.29, 0.717) is 10.3 Å². The lowest BCUT2D eigenvalue weighted by Gasteiger charge is -2.67. The number of nitrogens with zero attached hydrogens (tertiary/aromatic N) is 2. The van der Waals surface area contributed by atoms with Gasteiger partial charge in [0.15, 0.2) is 0 Å². The highest BCUT2D eigenvalue weighted by molar-refractivity contribution is 7.73. The van der Waals surface area contributed by atoms with Crippen molar-refractivity contribution in [2.24, 2.45) is 35.5 Å². The van der Waals surface area contributed by atoms with Gasteiger partial charge in [0.25, 0.3) is 0 Å². The topological polar surface area (TPSA) is 25.8 Å². The molecule has 1 heterocycles. The first-order valence-corrected chi connectivity index (χ1v) is 18.6. The van der Waals surface area contributed by atoms with E-state index < -0.39 is 0 Å². The molecule has 1 atom stereocenters. The van der Waals surface area contributed by atoms with Crippen LogP contribution in [0.1, 0.15) is 97.8 Å². The average molecular weight is 533 g/mol. The van der Waals surface area contributed by atoms with Crippen molar-refractivity contribution < 1.29 is 0 Å². The van der Waals surface area contributed by atoms with Gasteiger partial charge in [-0.1, -0.05) is 40.8 Å². The third-order valence-electron chi connectivity index (χ3n) is 12.0. The van der Waals surface area contributed by atoms with E-state index in [1.54, 1.807) is 44.0 Å². The van der Waals surface area contributed by atoms with Crippen molar-refractivity contribution >= 4 is 37.7 Å². The molecule has 0 amide bonds. The van der Waals surface area contributed by atoms with Gasteiger partial charge in [-0.2, -0.15) is 0 Å². The van der Waals surface area contributed by atoms with Crippen LogP contribution < -0.4 is 10.9 Å². The van der Waals surface area contributed by atoms with Gasteiger partial charge in [-0.25, -0.2) is 9.97 Å². The van der Waals surface area contributed by atoms with Crippen LogP contribution in [0.15, 0.2) is 24.3 Å². The molecule has 10 rings (SSSR count). The molecular weight excluding hydrogens is 486 g/mol. The van der Waals surface area contributed by atoms with Gasteiger partial charge in [-0.3, -0.25) is 0 Å². The summed E-state index contributed by atoms with van der Waals surface area (Å²) >= 11 is 0. The van der Waals surface area contributed by atoms with Crippen molar-refractivity contribution in [1.82, 2.24) is 9.97 Å². The minimum atomic E-state index is -0.383. The standard InChI is InChI=1S/C33H46N2P2/c1-31(2,3)36(4)29-30(35-28-8-6-5-7-27(28)34-29)37(32-15-21-9-22(16-32)11-23(10-21)17-32)33-18-24-12-25(19-33)14-26(13-24)20-33/h5-8,21-26H,9-20H2,1-4H3. The molecule has 0 N–H and O–H groups in total. The zero-order chi connectivity index (χ0) is 25.2. The van der Waals surface area contributed by atoms with Crippen LogP contribution in [0.3, 0.4) is 0 Å². The Bertz CT molecular complexity index is 1110. The van der Waals surface area contributed by atoms with Crippen LogP contribution in [0, 0.1) is 35.5 Å². The molecule has 4 heteroatoms. The van der Waals surface area contributed by atoms with Gasteiger partial charge >= 0.3 is 0 Å². The van der Waals surface area contributed by atoms with E-state index in [0.717, 1.165) is 41.0 Å². The highest BCUT2D eigenvalue weighted by atomic mass is 31.1. The van der Waals surface area contributed by atoms with Gasteiger partial charge in [0, 0.05) is 0 Å². The lowest BCUT2D eigenvalue weighted by molar-refractivity contribution is 0.0195. The molecule has 1 aromatic heterocycles. The van der Waals surface area contributed by atoms with Gasteiger partial charge in [0.2, 0.25) is 0 Å². The van der Waals surface area contributed by atoms with Gasteiger partial charge in [-0.15, -0.1) is 0 Å². The number of hydrogen-bond donors (Lipinski definition) is 0. The summed E-state index contributed by atoms with van der Waals surface area (Å²) in [6, 6.07) is 8.84. The number of fused-ring (bicyclic) bond motifs is 1. The third-order valence-corrected chi connectivity index (χ3v) is 18.9. The van der Waals surface area contributed by atoms with E-state index in [1.165, 1.54) is 49.5 Å². The maximum absolute atomic E-state index is 5.81. The summed E-state index contributed by atoms with van der Waals surface area (Å²) in [6.07, 6.45) is 18.4. The molecule has 1 unspecified atom stereocenters. The van der Waals surface area contributed by atoms with Crippen LogP contribution in [0.4, 0.5) is 0 Å². The first kappa shape index (κ1) is 24.2. The molecule has 0 spiro atoms. The zero-order valence-corrected chi connectivity index (χ0v) is 25.3. The number of hydrogen-bond acceptors (Lipinski definition) is 2. The maximum atomic E-state index is 5.81. The lowest BCUT2D eigenvalue weighted by Crippen LogP contribution is -2.59. The summed E-state index contributed by atoms with van der Waals surface area (Å²) in [7, 11) is -0.718. The summed E-state index contributed by atoms with van der Waals surface area (Å²) in [4.78, 5) is 11.4. The Hall–Kier alpha value is -0.580. The Morgan fingerprint density at radius 1 is 0.622 bits per heavy atom. The van der Waals surface area contributed by atoms with Gasteiger partial charge in [0.05, 0.1) is 21.9 Å². The van der Waals surface area contributed by atoms with Crippen LogP contribution >= 0.6 is 15.8 Å². The molecule has 0 radical (unpaired) electrons. The first-order valence-electron chi connectivity index (χ1n) is 15.5. The number of benzene rings is 1. The fourth-order valence-electron chi connectivity index (χ4n) is 11.3. The van der Waals surface area contributed by atoms with Gasteiger partial charge in [-0.05, 0) is 155 Å². The van der Waals surface area contributed by atoms with E-state index in [-0.39, 0.29) is 21.0 Å². The SMILES string of the molecule is CP(c1nc2ccccc2nc1P(C12CC3CC(CC(C3)C1)C2)C12CC3CC(CC(C3)C1)C2)C(C)(C)C. The monoisotopic (exact) mass is 532 g/mol. The summed E-state index contributed by atoms with van der Waals surface area (Å²) in [5.74, 6) is 6.04. The van der Waals surface area contributed by atoms with Crippen LogP contribution in [0.25, 0.3) is 11.0 Å². The summed E-state index contributed by atoms with van der Waals surface area (Å²) in [5.41, 5.74) is 5.33. The second-order valence-electron chi connectivity index (χ2n) is 15.7. The van der Waals surface area contributed by atoms with E-state index in [2.05, 4.69) is 51.7 Å². The van der Waals surface area contributed by atoms with Gasteiger partial charge in [0.1, 0.15) is 0 Å². The summed E-state index contributed by atoms with van der Waals surface area (Å²) < 4.78 is 0. The van der Waals surface area contributed by atoms with Crippen molar-refractivity contribution in [3.8, 4) is 0 Å². The summed E-state index contributed by atoms with van der Waals surface area (Å²) in [6.45, 7) is 9.90. The quantitative estimate of drug-likeness (QED) is 0.371. The zero-order valence-electron chi connectivity index (χ0n) is 23.5. The van der Waals surface area contributed by atoms with Crippen molar-refractivity contribution in [3.05, 3.63) is 24.3 Å². The number of aromatic nitrogens is 2. The molecule has 37 heavy (non-hydrogen) atoms. The van der Waals surface area contributed by atoms with E-state index in [1.807, 2.05) is 0 Å². The van der Waals surface area contributed by atoms with Crippen molar-refractivity contribution in [2.75, 3.05) is 6.66 Å². The molecule has 2 nitrogen and oxygen atoms in total. The lowest BCUT2D eigenvalue weighted by atomic mass is 9.55. The van der Waals surface area contributed by atoms with Crippen LogP contribution in [0.2, 0.25) is 0 Å². The Morgan fingerprint density at radius 3 is 1.32 bits per heavy atom. The Balaban J connectivity index is 1.37. The molecule has 0 saturated heterocycles. The molecule has 8 bridgehead atoms. The van der Waals surface area contributed by atoms with Crippen LogP contribution in [0.5, 0.6) is 0 Å². The fraction of sp³-hybridized carbons (Fsp3) is 0.758. The number of para-hydroxylation sites is 2. The minimum Gasteiger partial charge on any atom is -0.244 e. The van der Waals surface area contributed by atoms with Crippen LogP contribution in [-0.4, -0.2) is 32.1 Å². The third kappa shape index (κ3) is 3.77.